The minimum absolute atomic E-state index is 0.0640. The van der Waals surface area contributed by atoms with E-state index in [0.29, 0.717) is 12.7 Å². The molecule has 4 rings (SSSR count). The van der Waals surface area contributed by atoms with Gasteiger partial charge < -0.3 is 19.7 Å². The van der Waals surface area contributed by atoms with Crippen LogP contribution in [0.3, 0.4) is 0 Å². The monoisotopic (exact) mass is 567 g/mol. The highest BCUT2D eigenvalue weighted by atomic mass is 19.4. The lowest BCUT2D eigenvalue weighted by Gasteiger charge is -2.50. The van der Waals surface area contributed by atoms with Gasteiger partial charge in [-0.3, -0.25) is 14.9 Å². The zero-order chi connectivity index (χ0) is 29.1. The van der Waals surface area contributed by atoms with Crippen LogP contribution in [0, 0.1) is 5.41 Å². The fraction of sp³-hybridized carbons (Fsp3) is 0.500. The number of rotatable bonds is 5. The van der Waals surface area contributed by atoms with Crippen molar-refractivity contribution in [3.63, 3.8) is 0 Å². The highest BCUT2D eigenvalue weighted by Crippen LogP contribution is 2.41. The van der Waals surface area contributed by atoms with Crippen LogP contribution in [-0.2, 0) is 20.9 Å². The number of likely N-dealkylation sites (tertiary alicyclic amines) is 1. The topological polar surface area (TPSA) is 122 Å². The Labute approximate surface area is 219 Å². The molecule has 9 nitrogen and oxygen atoms in total. The van der Waals surface area contributed by atoms with Gasteiger partial charge in [0.2, 0.25) is 0 Å². The van der Waals surface area contributed by atoms with E-state index in [1.165, 1.54) is 5.56 Å². The number of alkyl halides is 6. The van der Waals surface area contributed by atoms with Crippen molar-refractivity contribution in [1.29, 1.82) is 0 Å². The molecule has 15 heteroatoms. The van der Waals surface area contributed by atoms with Gasteiger partial charge in [0.05, 0.1) is 18.9 Å². The third kappa shape index (κ3) is 10.7. The van der Waals surface area contributed by atoms with E-state index in [-0.39, 0.29) is 5.41 Å². The Kier molecular flexibility index (Phi) is 11.5. The Balaban J connectivity index is 0.000000317. The molecule has 0 aliphatic carbocycles. The predicted octanol–water partition coefficient (Wildman–Crippen LogP) is 4.19. The molecular weight excluding hydrogens is 540 g/mol. The normalized spacial score (nSPS) is 21.2. The second kappa shape index (κ2) is 14.1. The van der Waals surface area contributed by atoms with E-state index in [0.717, 1.165) is 51.3 Å². The number of piperidine rings is 1. The molecule has 2 N–H and O–H groups in total. The van der Waals surface area contributed by atoms with Crippen LogP contribution < -0.4 is 4.74 Å². The average molecular weight is 567 g/mol. The smallest absolute Gasteiger partial charge is 0.490 e. The maximum Gasteiger partial charge on any atom is 0.490 e. The molecule has 2 unspecified atom stereocenters. The summed E-state index contributed by atoms with van der Waals surface area (Å²) < 4.78 is 75.7. The minimum Gasteiger partial charge on any atom is -0.491 e. The number of carboxylic acid groups (broad SMARTS) is 2. The predicted molar refractivity (Wildman–Crippen MR) is 123 cm³/mol. The maximum atomic E-state index is 10.6. The Morgan fingerprint density at radius 2 is 1.62 bits per heavy atom. The Morgan fingerprint density at radius 1 is 1.03 bits per heavy atom. The third-order valence-electron chi connectivity index (χ3n) is 5.84. The summed E-state index contributed by atoms with van der Waals surface area (Å²) in [7, 11) is 0. The molecule has 0 aromatic carbocycles. The van der Waals surface area contributed by atoms with E-state index >= 15 is 0 Å². The first-order chi connectivity index (χ1) is 18.2. The molecule has 0 saturated carbocycles. The van der Waals surface area contributed by atoms with Gasteiger partial charge in [0.1, 0.15) is 5.75 Å². The Bertz CT molecular complexity index is 1020. The second-order valence-corrected chi connectivity index (χ2v) is 8.77. The molecule has 2 aromatic rings. The third-order valence-corrected chi connectivity index (χ3v) is 5.84. The van der Waals surface area contributed by atoms with Gasteiger partial charge in [0, 0.05) is 50.2 Å². The van der Waals surface area contributed by atoms with Gasteiger partial charge in [-0.25, -0.2) is 9.59 Å². The van der Waals surface area contributed by atoms with Crippen LogP contribution in [0.5, 0.6) is 5.75 Å². The van der Waals surface area contributed by atoms with Gasteiger partial charge in [0.15, 0.2) is 0 Å². The lowest BCUT2D eigenvalue weighted by molar-refractivity contribution is -0.193. The molecule has 0 bridgehead atoms. The zero-order valence-electron chi connectivity index (χ0n) is 20.5. The molecule has 4 heterocycles. The largest absolute Gasteiger partial charge is 0.491 e. The number of fused-ring (bicyclic) bond motifs is 1. The molecular formula is C24H27F6N3O6. The summed E-state index contributed by atoms with van der Waals surface area (Å²) in [6.07, 6.45) is 0.796. The standard InChI is InChI=1S/C20H25N3O2.2C2HF3O2/c1-4-17(12-21-8-1)14-23-10-6-19-20(15-23,7-3-11-24-19)16-25-18-5-2-9-22-13-18;2*3-2(4,5)1(6)7/h1-2,4-5,8-9,12-13,19H,3,6-7,10-11,14-16H2;2*(H,6,7). The van der Waals surface area contributed by atoms with Crippen molar-refractivity contribution >= 4 is 11.9 Å². The molecule has 2 aliphatic heterocycles. The van der Waals surface area contributed by atoms with Crippen molar-refractivity contribution in [2.45, 2.75) is 44.3 Å². The van der Waals surface area contributed by atoms with Crippen LogP contribution >= 0.6 is 0 Å². The van der Waals surface area contributed by atoms with E-state index in [9.17, 15) is 26.3 Å². The van der Waals surface area contributed by atoms with Gasteiger partial charge in [0.25, 0.3) is 0 Å². The molecule has 0 spiro atoms. The number of carboxylic acids is 2. The molecule has 2 atom stereocenters. The van der Waals surface area contributed by atoms with Crippen molar-refractivity contribution < 1.29 is 55.6 Å². The highest BCUT2D eigenvalue weighted by Gasteiger charge is 2.46. The van der Waals surface area contributed by atoms with E-state index in [4.69, 9.17) is 29.3 Å². The highest BCUT2D eigenvalue weighted by molar-refractivity contribution is 5.73. The lowest BCUT2D eigenvalue weighted by Crippen LogP contribution is -2.57. The summed E-state index contributed by atoms with van der Waals surface area (Å²) in [6, 6.07) is 8.04. The van der Waals surface area contributed by atoms with Crippen molar-refractivity contribution in [1.82, 2.24) is 14.9 Å². The summed E-state index contributed by atoms with van der Waals surface area (Å²) >= 11 is 0. The summed E-state index contributed by atoms with van der Waals surface area (Å²) in [5, 5.41) is 14.2. The SMILES string of the molecule is O=C(O)C(F)(F)F.O=C(O)C(F)(F)F.c1cncc(CN2CCC3OCCCC3(COc3cccnc3)C2)c1. The van der Waals surface area contributed by atoms with Crippen LogP contribution in [0.25, 0.3) is 0 Å². The molecule has 0 radical (unpaired) electrons. The number of carbonyl (C=O) groups is 2. The number of hydrogen-bond donors (Lipinski definition) is 2. The van der Waals surface area contributed by atoms with Gasteiger partial charge in [-0.1, -0.05) is 6.07 Å². The Hall–Kier alpha value is -3.46. The molecule has 2 saturated heterocycles. The quantitative estimate of drug-likeness (QED) is 0.512. The summed E-state index contributed by atoms with van der Waals surface area (Å²) in [6.45, 7) is 4.57. The second-order valence-electron chi connectivity index (χ2n) is 8.77. The number of halogens is 6. The van der Waals surface area contributed by atoms with Crippen LogP contribution in [0.2, 0.25) is 0 Å². The number of pyridine rings is 2. The van der Waals surface area contributed by atoms with E-state index in [2.05, 4.69) is 20.9 Å². The van der Waals surface area contributed by atoms with Crippen molar-refractivity contribution in [3.8, 4) is 5.75 Å². The first-order valence-corrected chi connectivity index (χ1v) is 11.6. The molecule has 2 aliphatic rings. The Morgan fingerprint density at radius 3 is 2.13 bits per heavy atom. The maximum absolute atomic E-state index is 10.6. The van der Waals surface area contributed by atoms with Gasteiger partial charge in [-0.2, -0.15) is 26.3 Å². The van der Waals surface area contributed by atoms with Gasteiger partial charge in [-0.05, 0) is 43.0 Å². The van der Waals surface area contributed by atoms with Crippen LogP contribution in [0.4, 0.5) is 26.3 Å². The summed E-state index contributed by atoms with van der Waals surface area (Å²) in [5.41, 5.74) is 1.33. The average Bonchev–Trinajstić information content (AvgIpc) is 2.88. The van der Waals surface area contributed by atoms with Gasteiger partial charge >= 0.3 is 24.3 Å². The van der Waals surface area contributed by atoms with Crippen molar-refractivity contribution in [3.05, 3.63) is 54.6 Å². The van der Waals surface area contributed by atoms with E-state index in [1.807, 2.05) is 30.6 Å². The van der Waals surface area contributed by atoms with Gasteiger partial charge in [-0.15, -0.1) is 0 Å². The molecule has 39 heavy (non-hydrogen) atoms. The lowest BCUT2D eigenvalue weighted by atomic mass is 9.73. The molecule has 2 fully saturated rings. The van der Waals surface area contributed by atoms with Crippen LogP contribution in [-0.4, -0.2) is 81.8 Å². The fourth-order valence-electron chi connectivity index (χ4n) is 4.14. The van der Waals surface area contributed by atoms with Crippen molar-refractivity contribution in [2.24, 2.45) is 5.41 Å². The van der Waals surface area contributed by atoms with E-state index < -0.39 is 24.3 Å². The zero-order valence-corrected chi connectivity index (χ0v) is 20.5. The number of hydrogen-bond acceptors (Lipinski definition) is 7. The fourth-order valence-corrected chi connectivity index (χ4v) is 4.14. The molecule has 216 valence electrons. The number of aromatic nitrogens is 2. The molecule has 2 aromatic heterocycles. The summed E-state index contributed by atoms with van der Waals surface area (Å²) in [5.74, 6) is -4.68. The number of nitrogens with zero attached hydrogens (tertiary/aromatic N) is 3. The number of ether oxygens (including phenoxy) is 2. The van der Waals surface area contributed by atoms with Crippen molar-refractivity contribution in [2.75, 3.05) is 26.3 Å². The van der Waals surface area contributed by atoms with Crippen LogP contribution in [0.1, 0.15) is 24.8 Å². The molecule has 0 amide bonds. The minimum atomic E-state index is -5.08. The van der Waals surface area contributed by atoms with E-state index in [1.54, 1.807) is 12.4 Å². The first kappa shape index (κ1) is 31.8. The number of aliphatic carboxylic acids is 2. The summed E-state index contributed by atoms with van der Waals surface area (Å²) in [4.78, 5) is 28.7. The first-order valence-electron chi connectivity index (χ1n) is 11.6. The van der Waals surface area contributed by atoms with Crippen LogP contribution in [0.15, 0.2) is 49.1 Å².